The Hall–Kier alpha value is -1.62. The Morgan fingerprint density at radius 1 is 1.39 bits per heavy atom. The zero-order valence-corrected chi connectivity index (χ0v) is 11.6. The average Bonchev–Trinajstić information content (AvgIpc) is 2.37. The fourth-order valence-corrected chi connectivity index (χ4v) is 2.01. The topological polar surface area (TPSA) is 46.9 Å². The molecule has 1 heterocycles. The number of rotatable bonds is 4. The van der Waals surface area contributed by atoms with Crippen molar-refractivity contribution in [3.8, 4) is 0 Å². The molecule has 0 aliphatic carbocycles. The van der Waals surface area contributed by atoms with Gasteiger partial charge in [-0.3, -0.25) is 9.36 Å². The molecular formula is C13H14BrN3O. The van der Waals surface area contributed by atoms with Gasteiger partial charge in [-0.15, -0.1) is 0 Å². The minimum Gasteiger partial charge on any atom is -0.383 e. The normalized spacial score (nSPS) is 10.3. The summed E-state index contributed by atoms with van der Waals surface area (Å²) in [6, 6.07) is 8.07. The molecule has 1 N–H and O–H groups in total. The molecule has 1 aromatic carbocycles. The molecule has 94 valence electrons. The van der Waals surface area contributed by atoms with Gasteiger partial charge in [0.15, 0.2) is 0 Å². The van der Waals surface area contributed by atoms with Crippen LogP contribution < -0.4 is 10.9 Å². The molecule has 0 atom stereocenters. The maximum Gasteiger partial charge on any atom is 0.267 e. The quantitative estimate of drug-likeness (QED) is 0.943. The SMILES string of the molecule is Cc1ccccc1NCCn1cncc(Br)c1=O. The van der Waals surface area contributed by atoms with Crippen molar-refractivity contribution in [2.45, 2.75) is 13.5 Å². The molecule has 1 aromatic heterocycles. The highest BCUT2D eigenvalue weighted by molar-refractivity contribution is 9.10. The molecule has 0 aliphatic heterocycles. The number of para-hydroxylation sites is 1. The molecule has 18 heavy (non-hydrogen) atoms. The average molecular weight is 308 g/mol. The number of hydrogen-bond acceptors (Lipinski definition) is 3. The predicted octanol–water partition coefficient (Wildman–Crippen LogP) is 2.43. The summed E-state index contributed by atoms with van der Waals surface area (Å²) in [5.74, 6) is 0. The van der Waals surface area contributed by atoms with E-state index >= 15 is 0 Å². The number of aromatic nitrogens is 2. The maximum atomic E-state index is 11.7. The highest BCUT2D eigenvalue weighted by Gasteiger charge is 2.01. The Kier molecular flexibility index (Phi) is 4.15. The largest absolute Gasteiger partial charge is 0.383 e. The van der Waals surface area contributed by atoms with Crippen molar-refractivity contribution in [2.24, 2.45) is 0 Å². The predicted molar refractivity (Wildman–Crippen MR) is 75.9 cm³/mol. The second kappa shape index (κ2) is 5.82. The van der Waals surface area contributed by atoms with Crippen LogP contribution in [0, 0.1) is 6.92 Å². The fraction of sp³-hybridized carbons (Fsp3) is 0.231. The number of aryl methyl sites for hydroxylation is 1. The first-order chi connectivity index (χ1) is 8.68. The van der Waals surface area contributed by atoms with Crippen LogP contribution in [0.5, 0.6) is 0 Å². The van der Waals surface area contributed by atoms with Crippen LogP contribution in [0.4, 0.5) is 5.69 Å². The van der Waals surface area contributed by atoms with Crippen LogP contribution in [0.2, 0.25) is 0 Å². The Morgan fingerprint density at radius 3 is 2.94 bits per heavy atom. The van der Waals surface area contributed by atoms with E-state index in [9.17, 15) is 4.79 Å². The second-order valence-corrected chi connectivity index (χ2v) is 4.84. The minimum atomic E-state index is -0.0587. The van der Waals surface area contributed by atoms with Crippen LogP contribution in [-0.2, 0) is 6.54 Å². The van der Waals surface area contributed by atoms with E-state index < -0.39 is 0 Å². The van der Waals surface area contributed by atoms with Crippen LogP contribution in [0.15, 0.2) is 46.1 Å². The van der Waals surface area contributed by atoms with Crippen LogP contribution in [0.1, 0.15) is 5.56 Å². The Morgan fingerprint density at radius 2 is 2.17 bits per heavy atom. The van der Waals surface area contributed by atoms with Gasteiger partial charge in [0.25, 0.3) is 5.56 Å². The smallest absolute Gasteiger partial charge is 0.267 e. The van der Waals surface area contributed by atoms with E-state index in [1.807, 2.05) is 18.2 Å². The lowest BCUT2D eigenvalue weighted by molar-refractivity contribution is 0.676. The lowest BCUT2D eigenvalue weighted by Crippen LogP contribution is -2.24. The summed E-state index contributed by atoms with van der Waals surface area (Å²) in [6.45, 7) is 3.32. The number of halogens is 1. The zero-order chi connectivity index (χ0) is 13.0. The second-order valence-electron chi connectivity index (χ2n) is 3.98. The summed E-state index contributed by atoms with van der Waals surface area (Å²) in [7, 11) is 0. The van der Waals surface area contributed by atoms with Crippen LogP contribution >= 0.6 is 15.9 Å². The molecule has 2 rings (SSSR count). The van der Waals surface area contributed by atoms with E-state index in [0.29, 0.717) is 17.6 Å². The summed E-state index contributed by atoms with van der Waals surface area (Å²) in [5, 5.41) is 3.31. The Balaban J connectivity index is 1.99. The monoisotopic (exact) mass is 307 g/mol. The highest BCUT2D eigenvalue weighted by atomic mass is 79.9. The molecule has 4 nitrogen and oxygen atoms in total. The van der Waals surface area contributed by atoms with E-state index in [0.717, 1.165) is 5.69 Å². The molecule has 0 unspecified atom stereocenters. The lowest BCUT2D eigenvalue weighted by Gasteiger charge is -2.10. The van der Waals surface area contributed by atoms with Crippen molar-refractivity contribution in [3.63, 3.8) is 0 Å². The van der Waals surface area contributed by atoms with Gasteiger partial charge in [-0.25, -0.2) is 4.98 Å². The fourth-order valence-electron chi connectivity index (χ4n) is 1.67. The van der Waals surface area contributed by atoms with Crippen molar-refractivity contribution >= 4 is 21.6 Å². The molecule has 0 fully saturated rings. The third kappa shape index (κ3) is 2.98. The van der Waals surface area contributed by atoms with E-state index in [1.165, 1.54) is 11.8 Å². The van der Waals surface area contributed by atoms with E-state index in [4.69, 9.17) is 0 Å². The molecule has 0 radical (unpaired) electrons. The number of nitrogens with one attached hydrogen (secondary N) is 1. The summed E-state index contributed by atoms with van der Waals surface area (Å²) < 4.78 is 2.07. The zero-order valence-electron chi connectivity index (χ0n) is 10.1. The molecule has 0 saturated carbocycles. The molecule has 0 aliphatic rings. The number of hydrogen-bond donors (Lipinski definition) is 1. The van der Waals surface area contributed by atoms with Crippen molar-refractivity contribution < 1.29 is 0 Å². The molecule has 5 heteroatoms. The first-order valence-electron chi connectivity index (χ1n) is 5.68. The third-order valence-electron chi connectivity index (χ3n) is 2.67. The number of benzene rings is 1. The Labute approximate surface area is 114 Å². The van der Waals surface area contributed by atoms with Gasteiger partial charge in [0, 0.05) is 25.0 Å². The van der Waals surface area contributed by atoms with Crippen LogP contribution in [0.3, 0.4) is 0 Å². The minimum absolute atomic E-state index is 0.0587. The van der Waals surface area contributed by atoms with Gasteiger partial charge in [0.1, 0.15) is 4.47 Å². The molecule has 0 spiro atoms. The molecule has 0 saturated heterocycles. The highest BCUT2D eigenvalue weighted by Crippen LogP contribution is 2.12. The first kappa shape index (κ1) is 12.8. The summed E-state index contributed by atoms with van der Waals surface area (Å²) in [4.78, 5) is 15.7. The van der Waals surface area contributed by atoms with Crippen molar-refractivity contribution in [1.29, 1.82) is 0 Å². The van der Waals surface area contributed by atoms with E-state index in [1.54, 1.807) is 10.9 Å². The van der Waals surface area contributed by atoms with Gasteiger partial charge in [-0.1, -0.05) is 18.2 Å². The lowest BCUT2D eigenvalue weighted by atomic mass is 10.2. The summed E-state index contributed by atoms with van der Waals surface area (Å²) in [5.41, 5.74) is 2.22. The van der Waals surface area contributed by atoms with Gasteiger partial charge >= 0.3 is 0 Å². The molecule has 0 bridgehead atoms. The Bertz CT molecular complexity index is 595. The van der Waals surface area contributed by atoms with Gasteiger partial charge in [-0.2, -0.15) is 0 Å². The maximum absolute atomic E-state index is 11.7. The van der Waals surface area contributed by atoms with Crippen molar-refractivity contribution in [2.75, 3.05) is 11.9 Å². The van der Waals surface area contributed by atoms with Crippen LogP contribution in [0.25, 0.3) is 0 Å². The van der Waals surface area contributed by atoms with Gasteiger partial charge in [0.05, 0.1) is 6.33 Å². The molecular weight excluding hydrogens is 294 g/mol. The molecule has 2 aromatic rings. The van der Waals surface area contributed by atoms with Gasteiger partial charge < -0.3 is 5.32 Å². The number of anilines is 1. The van der Waals surface area contributed by atoms with Gasteiger partial charge in [0.2, 0.25) is 0 Å². The van der Waals surface area contributed by atoms with Crippen LogP contribution in [-0.4, -0.2) is 16.1 Å². The van der Waals surface area contributed by atoms with Crippen molar-refractivity contribution in [1.82, 2.24) is 9.55 Å². The van der Waals surface area contributed by atoms with E-state index in [2.05, 4.69) is 39.2 Å². The van der Waals surface area contributed by atoms with Crippen molar-refractivity contribution in [3.05, 3.63) is 57.2 Å². The number of nitrogens with zero attached hydrogens (tertiary/aromatic N) is 2. The van der Waals surface area contributed by atoms with Gasteiger partial charge in [-0.05, 0) is 34.5 Å². The first-order valence-corrected chi connectivity index (χ1v) is 6.47. The standard InChI is InChI=1S/C13H14BrN3O/c1-10-4-2-3-5-12(10)16-6-7-17-9-15-8-11(14)13(17)18/h2-5,8-9,16H,6-7H2,1H3. The van der Waals surface area contributed by atoms with E-state index in [-0.39, 0.29) is 5.56 Å². The third-order valence-corrected chi connectivity index (χ3v) is 3.22. The molecule has 0 amide bonds. The summed E-state index contributed by atoms with van der Waals surface area (Å²) in [6.07, 6.45) is 3.06. The summed E-state index contributed by atoms with van der Waals surface area (Å²) >= 11 is 3.18.